The molecular weight excluding hydrogens is 545 g/mol. The number of fused-ring (bicyclic) bond motifs is 1. The van der Waals surface area contributed by atoms with Crippen molar-refractivity contribution in [2.45, 2.75) is 86.9 Å². The first kappa shape index (κ1) is 33.0. The molecule has 2 amide bonds. The molecule has 1 aromatic rings. The van der Waals surface area contributed by atoms with Gasteiger partial charge in [-0.15, -0.1) is 11.8 Å². The van der Waals surface area contributed by atoms with Crippen LogP contribution in [0.25, 0.3) is 0 Å². The van der Waals surface area contributed by atoms with Gasteiger partial charge in [0.15, 0.2) is 0 Å². The molecule has 0 heterocycles. The van der Waals surface area contributed by atoms with E-state index in [4.69, 9.17) is 5.11 Å². The summed E-state index contributed by atoms with van der Waals surface area (Å²) in [6.07, 6.45) is 14.3. The Bertz CT molecular complexity index is 1040. The van der Waals surface area contributed by atoms with E-state index >= 15 is 0 Å². The van der Waals surface area contributed by atoms with Gasteiger partial charge in [-0.05, 0) is 79.8 Å². The molecule has 0 spiro atoms. The van der Waals surface area contributed by atoms with Crippen LogP contribution in [0, 0.1) is 0 Å². The van der Waals surface area contributed by atoms with Crippen LogP contribution in [0.3, 0.4) is 0 Å². The number of aliphatic hydroxyl groups excluding tert-OH is 1. The fourth-order valence-corrected chi connectivity index (χ4v) is 5.98. The monoisotopic (exact) mass is 584 g/mol. The van der Waals surface area contributed by atoms with Crippen molar-refractivity contribution < 1.29 is 27.9 Å². The van der Waals surface area contributed by atoms with Crippen molar-refractivity contribution in [3.63, 3.8) is 0 Å². The van der Waals surface area contributed by atoms with Crippen LogP contribution in [0.15, 0.2) is 58.0 Å². The highest BCUT2D eigenvalue weighted by Crippen LogP contribution is 2.38. The number of carbonyl (C=O) groups is 2. The molecule has 2 N–H and O–H groups in total. The van der Waals surface area contributed by atoms with Crippen LogP contribution in [0.4, 0.5) is 18.0 Å². The van der Waals surface area contributed by atoms with Crippen molar-refractivity contribution in [2.75, 3.05) is 13.7 Å². The van der Waals surface area contributed by atoms with Gasteiger partial charge in [0.05, 0.1) is 5.25 Å². The second-order valence-corrected chi connectivity index (χ2v) is 12.0. The van der Waals surface area contributed by atoms with E-state index in [-0.39, 0.29) is 34.0 Å². The molecule has 5 nitrogen and oxygen atoms in total. The molecule has 2 aliphatic rings. The van der Waals surface area contributed by atoms with Crippen LogP contribution in [-0.4, -0.2) is 52.8 Å². The van der Waals surface area contributed by atoms with Gasteiger partial charge in [0.25, 0.3) is 0 Å². The van der Waals surface area contributed by atoms with Gasteiger partial charge >= 0.3 is 11.5 Å². The molecule has 1 aromatic carbocycles. The molecule has 0 saturated heterocycles. The number of unbranched alkanes of at least 4 members (excludes halogenated alkanes) is 4. The summed E-state index contributed by atoms with van der Waals surface area (Å²) >= 11 is 1.37. The van der Waals surface area contributed by atoms with Crippen LogP contribution in [-0.2, 0) is 17.6 Å². The number of urea groups is 1. The fraction of sp³-hybridized carbons (Fsp3) is 0.517. The third kappa shape index (κ3) is 11.5. The molecule has 39 heavy (non-hydrogen) atoms. The average Bonchev–Trinajstić information content (AvgIpc) is 3.20. The van der Waals surface area contributed by atoms with E-state index in [1.807, 2.05) is 17.9 Å². The Morgan fingerprint density at radius 1 is 1.13 bits per heavy atom. The number of aldehydes is 1. The molecule has 0 saturated carbocycles. The van der Waals surface area contributed by atoms with Crippen molar-refractivity contribution in [3.8, 4) is 0 Å². The van der Waals surface area contributed by atoms with Crippen molar-refractivity contribution in [2.24, 2.45) is 0 Å². The lowest BCUT2D eigenvalue weighted by atomic mass is 10.1. The van der Waals surface area contributed by atoms with E-state index in [1.54, 1.807) is 6.08 Å². The molecule has 0 aliphatic heterocycles. The van der Waals surface area contributed by atoms with Gasteiger partial charge < -0.3 is 20.1 Å². The van der Waals surface area contributed by atoms with Crippen LogP contribution < -0.4 is 5.32 Å². The number of aliphatic hydroxyl groups is 1. The number of thioether (sulfide) groups is 2. The maximum absolute atomic E-state index is 13.4. The summed E-state index contributed by atoms with van der Waals surface area (Å²) in [5, 5.41) is 9.82. The maximum Gasteiger partial charge on any atom is 0.446 e. The predicted molar refractivity (Wildman–Crippen MR) is 155 cm³/mol. The molecule has 0 bridgehead atoms. The van der Waals surface area contributed by atoms with Gasteiger partial charge in [-0.3, -0.25) is 0 Å². The highest BCUT2D eigenvalue weighted by Gasteiger charge is 2.31. The van der Waals surface area contributed by atoms with Gasteiger partial charge in [-0.2, -0.15) is 13.2 Å². The predicted octanol–water partition coefficient (Wildman–Crippen LogP) is 7.40. The zero-order valence-electron chi connectivity index (χ0n) is 22.8. The summed E-state index contributed by atoms with van der Waals surface area (Å²) in [4.78, 5) is 27.5. The second kappa shape index (κ2) is 16.8. The summed E-state index contributed by atoms with van der Waals surface area (Å²) in [7, 11) is 1.00. The quantitative estimate of drug-likeness (QED) is 0.152. The number of hydrogen-bond donors (Lipinski definition) is 2. The molecule has 10 heteroatoms. The van der Waals surface area contributed by atoms with Gasteiger partial charge in [0, 0.05) is 35.2 Å². The Balaban J connectivity index is 0.00000260. The first-order chi connectivity index (χ1) is 18.7. The van der Waals surface area contributed by atoms with Crippen LogP contribution >= 0.6 is 23.5 Å². The minimum atomic E-state index is -4.35. The molecule has 2 aliphatic carbocycles. The van der Waals surface area contributed by atoms with Gasteiger partial charge in [-0.1, -0.05) is 50.8 Å². The zero-order valence-corrected chi connectivity index (χ0v) is 24.4. The third-order valence-electron chi connectivity index (χ3n) is 6.38. The summed E-state index contributed by atoms with van der Waals surface area (Å²) < 4.78 is 38.3. The number of hydrogen-bond acceptors (Lipinski definition) is 5. The van der Waals surface area contributed by atoms with E-state index in [0.717, 1.165) is 56.8 Å². The molecule has 3 rings (SSSR count). The first-order valence-corrected chi connectivity index (χ1v) is 15.0. The Labute approximate surface area is 238 Å². The van der Waals surface area contributed by atoms with Crippen LogP contribution in [0.2, 0.25) is 0 Å². The van der Waals surface area contributed by atoms with Gasteiger partial charge in [0.1, 0.15) is 6.29 Å². The number of nitrogens with one attached hydrogen (secondary N) is 1. The third-order valence-corrected chi connectivity index (χ3v) is 8.15. The Morgan fingerprint density at radius 2 is 1.85 bits per heavy atom. The molecule has 0 radical (unpaired) electrons. The largest absolute Gasteiger partial charge is 0.446 e. The number of benzene rings is 1. The second-order valence-electron chi connectivity index (χ2n) is 9.37. The lowest BCUT2D eigenvalue weighted by molar-refractivity contribution is -0.107. The number of nitrogens with zero attached hydrogens (tertiary/aromatic N) is 1. The van der Waals surface area contributed by atoms with Gasteiger partial charge in [-0.25, -0.2) is 4.79 Å². The summed E-state index contributed by atoms with van der Waals surface area (Å²) in [5.74, 6) is 0. The normalized spacial score (nSPS) is 17.2. The van der Waals surface area contributed by atoms with Crippen LogP contribution in [0.1, 0.15) is 63.5 Å². The Hall–Kier alpha value is -2.17. The fourth-order valence-electron chi connectivity index (χ4n) is 4.55. The lowest BCUT2D eigenvalue weighted by Gasteiger charge is -2.29. The van der Waals surface area contributed by atoms with Crippen molar-refractivity contribution in [1.29, 1.82) is 0 Å². The number of rotatable bonds is 12. The number of amides is 2. The zero-order chi connectivity index (χ0) is 28.8. The molecule has 0 aromatic heterocycles. The van der Waals surface area contributed by atoms with Crippen molar-refractivity contribution in [3.05, 3.63) is 64.2 Å². The first-order valence-electron chi connectivity index (χ1n) is 13.3. The van der Waals surface area contributed by atoms with E-state index in [2.05, 4.69) is 24.4 Å². The van der Waals surface area contributed by atoms with E-state index in [0.29, 0.717) is 18.7 Å². The highest BCUT2D eigenvalue weighted by molar-refractivity contribution is 8.04. The number of allylic oxidation sites excluding steroid dienone is 4. The maximum atomic E-state index is 13.4. The molecule has 2 atom stereocenters. The highest BCUT2D eigenvalue weighted by atomic mass is 32.2. The molecule has 2 unspecified atom stereocenters. The SMILES string of the molecule is CCCCCCCN(C(=O)NC1=CCC=C(SC(F)(F)F)C=C1)C1Cc2ccc(SC(C)C=O)cc2C1.CO. The minimum Gasteiger partial charge on any atom is -0.400 e. The molecular formula is C29H39F3N2O3S2. The number of alkyl halides is 3. The summed E-state index contributed by atoms with van der Waals surface area (Å²) in [6.45, 7) is 4.66. The lowest BCUT2D eigenvalue weighted by Crippen LogP contribution is -2.46. The van der Waals surface area contributed by atoms with Crippen molar-refractivity contribution >= 4 is 35.8 Å². The average molecular weight is 585 g/mol. The molecule has 0 fully saturated rings. The minimum absolute atomic E-state index is 0.00903. The summed E-state index contributed by atoms with van der Waals surface area (Å²) in [6, 6.07) is 6.04. The van der Waals surface area contributed by atoms with Crippen LogP contribution in [0.5, 0.6) is 0 Å². The number of halogens is 3. The standard InChI is InChI=1S/C28H35F3N2O2S2.CH4O/c1-3-4-5-6-7-15-33(24-16-21-11-13-26(18-22(21)17-24)36-20(2)19-34)27(35)32-23-9-8-10-25(14-12-23)37-28(29,30)31;1-2/h9-14,18-20,24H,3-8,15-17H2,1-2H3,(H,32,35);2H,1H3. The van der Waals surface area contributed by atoms with Gasteiger partial charge in [0.2, 0.25) is 0 Å². The molecule has 216 valence electrons. The number of carbonyl (C=O) groups excluding carboxylic acids is 2. The van der Waals surface area contributed by atoms with Crippen molar-refractivity contribution in [1.82, 2.24) is 10.2 Å². The summed E-state index contributed by atoms with van der Waals surface area (Å²) in [5.41, 5.74) is -1.43. The Kier molecular flexibility index (Phi) is 14.3. The topological polar surface area (TPSA) is 69.6 Å². The van der Waals surface area contributed by atoms with E-state index < -0.39 is 5.51 Å². The Morgan fingerprint density at radius 3 is 2.54 bits per heavy atom. The van der Waals surface area contributed by atoms with E-state index in [9.17, 15) is 22.8 Å². The smallest absolute Gasteiger partial charge is 0.400 e. The van der Waals surface area contributed by atoms with E-state index in [1.165, 1.54) is 47.5 Å².